The molecule has 0 fully saturated rings. The van der Waals surface area contributed by atoms with Crippen molar-refractivity contribution in [1.82, 2.24) is 5.32 Å². The van der Waals surface area contributed by atoms with Crippen LogP contribution in [0.4, 0.5) is 4.79 Å². The van der Waals surface area contributed by atoms with Crippen LogP contribution in [0.5, 0.6) is 0 Å². The molecule has 0 aliphatic carbocycles. The highest BCUT2D eigenvalue weighted by Crippen LogP contribution is 2.08. The van der Waals surface area contributed by atoms with Gasteiger partial charge in [-0.1, -0.05) is 12.8 Å². The van der Waals surface area contributed by atoms with Gasteiger partial charge in [-0.15, -0.1) is 0 Å². The van der Waals surface area contributed by atoms with Crippen molar-refractivity contribution >= 4 is 6.09 Å². The predicted octanol–water partition coefficient (Wildman–Crippen LogP) is 2.42. The molecule has 16 heavy (non-hydrogen) atoms. The summed E-state index contributed by atoms with van der Waals surface area (Å²) >= 11 is 0. The van der Waals surface area contributed by atoms with Gasteiger partial charge < -0.3 is 15.8 Å². The van der Waals surface area contributed by atoms with Gasteiger partial charge in [0.1, 0.15) is 5.60 Å². The smallest absolute Gasteiger partial charge is 0.407 e. The Hall–Kier alpha value is -0.770. The second kappa shape index (κ2) is 7.49. The van der Waals surface area contributed by atoms with E-state index in [2.05, 4.69) is 5.32 Å². The molecule has 4 heteroatoms. The molecule has 3 N–H and O–H groups in total. The van der Waals surface area contributed by atoms with E-state index in [1.165, 1.54) is 0 Å². The van der Waals surface area contributed by atoms with E-state index >= 15 is 0 Å². The van der Waals surface area contributed by atoms with Gasteiger partial charge in [-0.3, -0.25) is 0 Å². The molecule has 0 saturated heterocycles. The molecule has 0 aromatic rings. The molecule has 4 nitrogen and oxygen atoms in total. The molecule has 0 unspecified atom stereocenters. The molecule has 1 atom stereocenters. The van der Waals surface area contributed by atoms with Crippen LogP contribution in [-0.4, -0.2) is 24.3 Å². The molecule has 0 saturated carbocycles. The van der Waals surface area contributed by atoms with Crippen molar-refractivity contribution < 1.29 is 9.53 Å². The van der Waals surface area contributed by atoms with Crippen LogP contribution in [0.3, 0.4) is 0 Å². The van der Waals surface area contributed by atoms with Crippen molar-refractivity contribution in [2.75, 3.05) is 6.54 Å². The van der Waals surface area contributed by atoms with Crippen LogP contribution in [0, 0.1) is 0 Å². The summed E-state index contributed by atoms with van der Waals surface area (Å²) in [5, 5.41) is 2.82. The zero-order chi connectivity index (χ0) is 12.6. The number of ether oxygens (including phenoxy) is 1. The van der Waals surface area contributed by atoms with E-state index in [1.54, 1.807) is 0 Å². The maximum Gasteiger partial charge on any atom is 0.407 e. The van der Waals surface area contributed by atoms with Crippen LogP contribution < -0.4 is 11.1 Å². The SMILES string of the molecule is C[C@H](CCCCCN)NC(=O)OC(C)(C)C. The fraction of sp³-hybridized carbons (Fsp3) is 0.917. The predicted molar refractivity (Wildman–Crippen MR) is 66.4 cm³/mol. The number of carbonyl (C=O) groups is 1. The number of unbranched alkanes of at least 4 members (excludes halogenated alkanes) is 2. The molecule has 0 aliphatic heterocycles. The molecule has 0 spiro atoms. The minimum Gasteiger partial charge on any atom is -0.444 e. The summed E-state index contributed by atoms with van der Waals surface area (Å²) in [5.74, 6) is 0. The van der Waals surface area contributed by atoms with Crippen molar-refractivity contribution in [2.24, 2.45) is 5.73 Å². The Balaban J connectivity index is 3.62. The molecule has 0 aromatic carbocycles. The normalized spacial score (nSPS) is 13.3. The first kappa shape index (κ1) is 15.2. The second-order valence-electron chi connectivity index (χ2n) is 5.19. The Morgan fingerprint density at radius 3 is 2.44 bits per heavy atom. The zero-order valence-corrected chi connectivity index (χ0v) is 11.0. The summed E-state index contributed by atoms with van der Waals surface area (Å²) in [4.78, 5) is 11.4. The molecular weight excluding hydrogens is 204 g/mol. The largest absolute Gasteiger partial charge is 0.444 e. The van der Waals surface area contributed by atoms with Crippen LogP contribution in [0.2, 0.25) is 0 Å². The van der Waals surface area contributed by atoms with E-state index < -0.39 is 5.60 Å². The van der Waals surface area contributed by atoms with Gasteiger partial charge in [0.15, 0.2) is 0 Å². The summed E-state index contributed by atoms with van der Waals surface area (Å²) in [6, 6.07) is 0.160. The standard InChI is InChI=1S/C12H26N2O2/c1-10(8-6-5-7-9-13)14-11(15)16-12(2,3)4/h10H,5-9,13H2,1-4H3,(H,14,15)/t10-/m1/s1. The highest BCUT2D eigenvalue weighted by Gasteiger charge is 2.17. The molecule has 0 heterocycles. The quantitative estimate of drug-likeness (QED) is 0.689. The number of nitrogens with two attached hydrogens (primary N) is 1. The van der Waals surface area contributed by atoms with Crippen molar-refractivity contribution in [2.45, 2.75) is 65.0 Å². The molecule has 0 aromatic heterocycles. The van der Waals surface area contributed by atoms with Gasteiger partial charge in [0.25, 0.3) is 0 Å². The molecular formula is C12H26N2O2. The average molecular weight is 230 g/mol. The maximum absolute atomic E-state index is 11.4. The van der Waals surface area contributed by atoms with Gasteiger partial charge in [0.2, 0.25) is 0 Å². The number of rotatable bonds is 6. The summed E-state index contributed by atoms with van der Waals surface area (Å²) in [5.41, 5.74) is 4.98. The first-order chi connectivity index (χ1) is 7.35. The van der Waals surface area contributed by atoms with Crippen LogP contribution in [0.1, 0.15) is 53.4 Å². The lowest BCUT2D eigenvalue weighted by molar-refractivity contribution is 0.0506. The summed E-state index contributed by atoms with van der Waals surface area (Å²) in [7, 11) is 0. The molecule has 0 bridgehead atoms. The van der Waals surface area contributed by atoms with Gasteiger partial charge in [0, 0.05) is 6.04 Å². The highest BCUT2D eigenvalue weighted by molar-refractivity contribution is 5.67. The highest BCUT2D eigenvalue weighted by atomic mass is 16.6. The first-order valence-corrected chi connectivity index (χ1v) is 6.04. The summed E-state index contributed by atoms with van der Waals surface area (Å²) < 4.78 is 5.17. The number of nitrogens with one attached hydrogen (secondary N) is 1. The Morgan fingerprint density at radius 2 is 1.94 bits per heavy atom. The third-order valence-corrected chi connectivity index (χ3v) is 2.10. The Kier molecular flexibility index (Phi) is 7.13. The number of alkyl carbamates (subject to hydrolysis) is 1. The Morgan fingerprint density at radius 1 is 1.31 bits per heavy atom. The fourth-order valence-electron chi connectivity index (χ4n) is 1.35. The van der Waals surface area contributed by atoms with E-state index in [9.17, 15) is 4.79 Å². The second-order valence-corrected chi connectivity index (χ2v) is 5.19. The lowest BCUT2D eigenvalue weighted by Crippen LogP contribution is -2.37. The van der Waals surface area contributed by atoms with Gasteiger partial charge >= 0.3 is 6.09 Å². The first-order valence-electron chi connectivity index (χ1n) is 6.04. The van der Waals surface area contributed by atoms with Crippen LogP contribution in [-0.2, 0) is 4.74 Å². The molecule has 96 valence electrons. The van der Waals surface area contributed by atoms with Crippen molar-refractivity contribution in [3.8, 4) is 0 Å². The number of hydrogen-bond acceptors (Lipinski definition) is 3. The third kappa shape index (κ3) is 9.77. The maximum atomic E-state index is 11.4. The number of hydrogen-bond donors (Lipinski definition) is 2. The topological polar surface area (TPSA) is 64.3 Å². The number of carbonyl (C=O) groups excluding carboxylic acids is 1. The summed E-state index contributed by atoms with van der Waals surface area (Å²) in [6.45, 7) is 8.32. The molecule has 0 rings (SSSR count). The zero-order valence-electron chi connectivity index (χ0n) is 11.0. The van der Waals surface area contributed by atoms with Crippen LogP contribution >= 0.6 is 0 Å². The average Bonchev–Trinajstić information content (AvgIpc) is 2.09. The third-order valence-electron chi connectivity index (χ3n) is 2.10. The van der Waals surface area contributed by atoms with Gasteiger partial charge in [-0.25, -0.2) is 4.79 Å². The lowest BCUT2D eigenvalue weighted by atomic mass is 10.1. The van der Waals surface area contributed by atoms with E-state index in [-0.39, 0.29) is 12.1 Å². The van der Waals surface area contributed by atoms with Crippen molar-refractivity contribution in [3.63, 3.8) is 0 Å². The van der Waals surface area contributed by atoms with E-state index in [4.69, 9.17) is 10.5 Å². The fourth-order valence-corrected chi connectivity index (χ4v) is 1.35. The Labute approximate surface area is 98.9 Å². The van der Waals surface area contributed by atoms with Gasteiger partial charge in [-0.2, -0.15) is 0 Å². The number of amides is 1. The van der Waals surface area contributed by atoms with Crippen LogP contribution in [0.15, 0.2) is 0 Å². The monoisotopic (exact) mass is 230 g/mol. The van der Waals surface area contributed by atoms with Crippen LogP contribution in [0.25, 0.3) is 0 Å². The van der Waals surface area contributed by atoms with Crippen molar-refractivity contribution in [1.29, 1.82) is 0 Å². The van der Waals surface area contributed by atoms with E-state index in [0.29, 0.717) is 0 Å². The minimum absolute atomic E-state index is 0.160. The molecule has 1 amide bonds. The summed E-state index contributed by atoms with van der Waals surface area (Å²) in [6.07, 6.45) is 3.91. The van der Waals surface area contributed by atoms with Gasteiger partial charge in [-0.05, 0) is 47.1 Å². The minimum atomic E-state index is -0.427. The van der Waals surface area contributed by atoms with Gasteiger partial charge in [0.05, 0.1) is 0 Å². The van der Waals surface area contributed by atoms with E-state index in [1.807, 2.05) is 27.7 Å². The molecule has 0 aliphatic rings. The molecule has 0 radical (unpaired) electrons. The Bertz CT molecular complexity index is 200. The van der Waals surface area contributed by atoms with E-state index in [0.717, 1.165) is 32.2 Å². The van der Waals surface area contributed by atoms with Crippen molar-refractivity contribution in [3.05, 3.63) is 0 Å². The lowest BCUT2D eigenvalue weighted by Gasteiger charge is -2.21.